The van der Waals surface area contributed by atoms with Crippen LogP contribution in [0.2, 0.25) is 0 Å². The molecule has 1 unspecified atom stereocenters. The van der Waals surface area contributed by atoms with E-state index in [-0.39, 0.29) is 12.6 Å². The topological polar surface area (TPSA) is 41.5 Å². The van der Waals surface area contributed by atoms with E-state index in [0.717, 1.165) is 23.3 Å². The fourth-order valence-electron chi connectivity index (χ4n) is 2.08. The second-order valence-corrected chi connectivity index (χ2v) is 4.79. The van der Waals surface area contributed by atoms with Gasteiger partial charge in [-0.15, -0.1) is 0 Å². The minimum Gasteiger partial charge on any atom is -0.432 e. The molecule has 0 aliphatic carbocycles. The molecule has 0 aromatic heterocycles. The van der Waals surface area contributed by atoms with Crippen LogP contribution in [0.5, 0.6) is 5.75 Å². The van der Waals surface area contributed by atoms with E-state index in [9.17, 15) is 13.2 Å². The van der Waals surface area contributed by atoms with Crippen LogP contribution in [0.3, 0.4) is 0 Å². The summed E-state index contributed by atoms with van der Waals surface area (Å²) in [5.41, 5.74) is 2.14. The highest BCUT2D eigenvalue weighted by molar-refractivity contribution is 5.49. The van der Waals surface area contributed by atoms with Crippen molar-refractivity contribution >= 4 is 5.69 Å². The number of benzene rings is 2. The van der Waals surface area contributed by atoms with Crippen LogP contribution in [0.15, 0.2) is 42.5 Å². The maximum atomic E-state index is 13.7. The number of halogens is 3. The molecule has 0 aliphatic heterocycles. The lowest BCUT2D eigenvalue weighted by Crippen LogP contribution is -2.08. The lowest BCUT2D eigenvalue weighted by atomic mass is 10.1. The van der Waals surface area contributed by atoms with Crippen LogP contribution in [0.1, 0.15) is 24.1 Å². The largest absolute Gasteiger partial charge is 0.432 e. The van der Waals surface area contributed by atoms with Crippen LogP contribution in [0.4, 0.5) is 18.9 Å². The maximum absolute atomic E-state index is 13.7. The molecule has 0 amide bonds. The van der Waals surface area contributed by atoms with Crippen LogP contribution in [0.25, 0.3) is 0 Å². The SMILES string of the molecule is CC(Nc1ccc(OC(F)F)c(F)c1)c1cccc(CO)c1. The highest BCUT2D eigenvalue weighted by Crippen LogP contribution is 2.26. The molecule has 118 valence electrons. The number of anilines is 1. The van der Waals surface area contributed by atoms with Gasteiger partial charge in [-0.1, -0.05) is 24.3 Å². The van der Waals surface area contributed by atoms with Crippen molar-refractivity contribution in [2.75, 3.05) is 5.32 Å². The molecule has 6 heteroatoms. The number of ether oxygens (including phenoxy) is 1. The van der Waals surface area contributed by atoms with E-state index in [4.69, 9.17) is 5.11 Å². The van der Waals surface area contributed by atoms with Crippen LogP contribution in [-0.4, -0.2) is 11.7 Å². The summed E-state index contributed by atoms with van der Waals surface area (Å²) >= 11 is 0. The number of aliphatic hydroxyl groups excluding tert-OH is 1. The summed E-state index contributed by atoms with van der Waals surface area (Å²) in [5, 5.41) is 12.2. The number of rotatable bonds is 6. The number of nitrogens with one attached hydrogen (secondary N) is 1. The van der Waals surface area contributed by atoms with Crippen molar-refractivity contribution < 1.29 is 23.0 Å². The van der Waals surface area contributed by atoms with Gasteiger partial charge in [-0.25, -0.2) is 4.39 Å². The van der Waals surface area contributed by atoms with Crippen molar-refractivity contribution in [1.82, 2.24) is 0 Å². The molecule has 22 heavy (non-hydrogen) atoms. The van der Waals surface area contributed by atoms with Gasteiger partial charge in [0.25, 0.3) is 0 Å². The van der Waals surface area contributed by atoms with Crippen molar-refractivity contribution in [3.63, 3.8) is 0 Å². The molecule has 0 radical (unpaired) electrons. The molecule has 0 aliphatic rings. The molecule has 0 saturated heterocycles. The lowest BCUT2D eigenvalue weighted by molar-refractivity contribution is -0.0521. The summed E-state index contributed by atoms with van der Waals surface area (Å²) in [7, 11) is 0. The third-order valence-electron chi connectivity index (χ3n) is 3.16. The van der Waals surface area contributed by atoms with Crippen molar-refractivity contribution in [2.45, 2.75) is 26.2 Å². The van der Waals surface area contributed by atoms with Crippen LogP contribution in [0, 0.1) is 5.82 Å². The highest BCUT2D eigenvalue weighted by atomic mass is 19.3. The summed E-state index contributed by atoms with van der Waals surface area (Å²) in [4.78, 5) is 0. The highest BCUT2D eigenvalue weighted by Gasteiger charge is 2.12. The molecule has 0 saturated carbocycles. The van der Waals surface area contributed by atoms with E-state index in [1.807, 2.05) is 25.1 Å². The van der Waals surface area contributed by atoms with Gasteiger partial charge >= 0.3 is 6.61 Å². The zero-order chi connectivity index (χ0) is 16.1. The Morgan fingerprint density at radius 1 is 1.18 bits per heavy atom. The fourth-order valence-corrected chi connectivity index (χ4v) is 2.08. The van der Waals surface area contributed by atoms with Crippen LogP contribution in [-0.2, 0) is 6.61 Å². The van der Waals surface area contributed by atoms with Crippen molar-refractivity contribution in [3.8, 4) is 5.75 Å². The summed E-state index contributed by atoms with van der Waals surface area (Å²) < 4.78 is 41.9. The Hall–Kier alpha value is -2.21. The monoisotopic (exact) mass is 311 g/mol. The van der Waals surface area contributed by atoms with E-state index in [1.54, 1.807) is 6.07 Å². The van der Waals surface area contributed by atoms with Gasteiger partial charge in [0.05, 0.1) is 6.61 Å². The first-order valence-corrected chi connectivity index (χ1v) is 6.70. The van der Waals surface area contributed by atoms with Crippen molar-refractivity contribution in [1.29, 1.82) is 0 Å². The lowest BCUT2D eigenvalue weighted by Gasteiger charge is -2.17. The molecule has 3 nitrogen and oxygen atoms in total. The molecule has 2 aromatic carbocycles. The summed E-state index contributed by atoms with van der Waals surface area (Å²) in [6.07, 6.45) is 0. The minimum absolute atomic E-state index is 0.0607. The molecule has 0 heterocycles. The number of aliphatic hydroxyl groups is 1. The average molecular weight is 311 g/mol. The number of alkyl halides is 2. The van der Waals surface area contributed by atoms with Gasteiger partial charge in [0.15, 0.2) is 11.6 Å². The first kappa shape index (κ1) is 16.2. The third kappa shape index (κ3) is 4.14. The second kappa shape index (κ2) is 7.17. The second-order valence-electron chi connectivity index (χ2n) is 4.79. The first-order chi connectivity index (χ1) is 10.5. The predicted molar refractivity (Wildman–Crippen MR) is 77.4 cm³/mol. The fraction of sp³-hybridized carbons (Fsp3) is 0.250. The van der Waals surface area contributed by atoms with E-state index < -0.39 is 18.2 Å². The van der Waals surface area contributed by atoms with E-state index in [0.29, 0.717) is 5.69 Å². The summed E-state index contributed by atoms with van der Waals surface area (Å²) in [6, 6.07) is 10.9. The molecule has 2 rings (SSSR count). The Morgan fingerprint density at radius 3 is 2.59 bits per heavy atom. The molecule has 2 aromatic rings. The van der Waals surface area contributed by atoms with Crippen LogP contribution >= 0.6 is 0 Å². The molecule has 0 spiro atoms. The van der Waals surface area contributed by atoms with Crippen molar-refractivity contribution in [2.24, 2.45) is 0 Å². The van der Waals surface area contributed by atoms with Gasteiger partial charge in [-0.2, -0.15) is 8.78 Å². The Balaban J connectivity index is 2.11. The van der Waals surface area contributed by atoms with Crippen LogP contribution < -0.4 is 10.1 Å². The van der Waals surface area contributed by atoms with Gasteiger partial charge in [0.1, 0.15) is 0 Å². The van der Waals surface area contributed by atoms with Gasteiger partial charge < -0.3 is 15.2 Å². The van der Waals surface area contributed by atoms with E-state index >= 15 is 0 Å². The maximum Gasteiger partial charge on any atom is 0.387 e. The van der Waals surface area contributed by atoms with Gasteiger partial charge in [0.2, 0.25) is 0 Å². The molecule has 1 atom stereocenters. The van der Waals surface area contributed by atoms with Gasteiger partial charge in [-0.3, -0.25) is 0 Å². The molecule has 2 N–H and O–H groups in total. The Kier molecular flexibility index (Phi) is 5.27. The Morgan fingerprint density at radius 2 is 1.95 bits per heavy atom. The van der Waals surface area contributed by atoms with E-state index in [2.05, 4.69) is 10.1 Å². The molecular weight excluding hydrogens is 295 g/mol. The average Bonchev–Trinajstić information content (AvgIpc) is 2.49. The normalized spacial score (nSPS) is 12.3. The van der Waals surface area contributed by atoms with Gasteiger partial charge in [-0.05, 0) is 30.2 Å². The predicted octanol–water partition coefficient (Wildman–Crippen LogP) is 4.09. The van der Waals surface area contributed by atoms with Gasteiger partial charge in [0, 0.05) is 17.8 Å². The first-order valence-electron chi connectivity index (χ1n) is 6.70. The van der Waals surface area contributed by atoms with E-state index in [1.165, 1.54) is 6.07 Å². The minimum atomic E-state index is -3.06. The molecular formula is C16H16F3NO2. The third-order valence-corrected chi connectivity index (χ3v) is 3.16. The molecule has 0 fully saturated rings. The Bertz CT molecular complexity index is 635. The number of hydrogen-bond donors (Lipinski definition) is 2. The quantitative estimate of drug-likeness (QED) is 0.844. The standard InChI is InChI=1S/C16H16F3NO2/c1-10(12-4-2-3-11(7-12)9-21)20-13-5-6-15(14(17)8-13)22-16(18)19/h2-8,10,16,20-21H,9H2,1H3. The summed E-state index contributed by atoms with van der Waals surface area (Å²) in [5.74, 6) is -1.35. The zero-order valence-electron chi connectivity index (χ0n) is 11.9. The Labute approximate surface area is 126 Å². The zero-order valence-corrected chi connectivity index (χ0v) is 11.9. The smallest absolute Gasteiger partial charge is 0.387 e. The number of hydrogen-bond acceptors (Lipinski definition) is 3. The molecule has 0 bridgehead atoms. The van der Waals surface area contributed by atoms with Crippen molar-refractivity contribution in [3.05, 3.63) is 59.4 Å². The summed E-state index contributed by atoms with van der Waals surface area (Å²) in [6.45, 7) is -1.25.